The molecule has 2 aliphatic rings. The number of ether oxygens (including phenoxy) is 2. The summed E-state index contributed by atoms with van der Waals surface area (Å²) >= 11 is 5.82. The maximum absolute atomic E-state index is 5.82. The number of aliphatic imine (C=N–C) groups is 1. The first kappa shape index (κ1) is 17.9. The number of benzene rings is 1. The van der Waals surface area contributed by atoms with Crippen molar-refractivity contribution in [2.24, 2.45) is 4.99 Å². The molecule has 2 heterocycles. The normalized spacial score (nSPS) is 16.9. The summed E-state index contributed by atoms with van der Waals surface area (Å²) in [4.78, 5) is 8.43. The Balaban J connectivity index is 1.29. The van der Waals surface area contributed by atoms with Crippen molar-refractivity contribution >= 4 is 17.6 Å². The molecule has 2 aromatic rings. The lowest BCUT2D eigenvalue weighted by Crippen LogP contribution is -2.41. The van der Waals surface area contributed by atoms with Crippen molar-refractivity contribution in [2.75, 3.05) is 26.9 Å². The minimum absolute atomic E-state index is 0.151. The third-order valence-electron chi connectivity index (χ3n) is 5.15. The van der Waals surface area contributed by atoms with Crippen LogP contribution in [0.5, 0.6) is 11.5 Å². The monoisotopic (exact) mass is 386 g/mol. The lowest BCUT2D eigenvalue weighted by molar-refractivity contribution is 0.174. The molecule has 0 radical (unpaired) electrons. The maximum Gasteiger partial charge on any atom is 0.231 e. The second-order valence-electron chi connectivity index (χ2n) is 6.94. The van der Waals surface area contributed by atoms with E-state index in [2.05, 4.69) is 32.7 Å². The molecular formula is C20H23ClN4O2. The molecule has 1 aliphatic heterocycles. The van der Waals surface area contributed by atoms with Crippen LogP contribution in [-0.4, -0.2) is 37.9 Å². The first-order valence-electron chi connectivity index (χ1n) is 9.14. The minimum atomic E-state index is 0.151. The van der Waals surface area contributed by atoms with Gasteiger partial charge in [0.1, 0.15) is 5.15 Å². The highest BCUT2D eigenvalue weighted by Gasteiger charge is 2.44. The van der Waals surface area contributed by atoms with Gasteiger partial charge in [0.05, 0.1) is 0 Å². The molecule has 1 saturated carbocycles. The molecule has 6 nitrogen and oxygen atoms in total. The summed E-state index contributed by atoms with van der Waals surface area (Å²) in [6, 6.07) is 10.1. The number of nitrogens with one attached hydrogen (secondary N) is 2. The van der Waals surface area contributed by atoms with Crippen LogP contribution in [0.15, 0.2) is 41.5 Å². The average Bonchev–Trinajstić information content (AvgIpc) is 3.34. The molecule has 0 amide bonds. The Bertz CT molecular complexity index is 834. The molecule has 27 heavy (non-hydrogen) atoms. The molecule has 1 aromatic heterocycles. The number of guanidine groups is 1. The van der Waals surface area contributed by atoms with Crippen LogP contribution in [0.2, 0.25) is 5.15 Å². The lowest BCUT2D eigenvalue weighted by Gasteiger charge is -2.19. The van der Waals surface area contributed by atoms with E-state index in [1.807, 2.05) is 18.2 Å². The van der Waals surface area contributed by atoms with Crippen LogP contribution in [0.4, 0.5) is 0 Å². The summed E-state index contributed by atoms with van der Waals surface area (Å²) in [5.41, 5.74) is 2.59. The molecule has 4 rings (SSSR count). The maximum atomic E-state index is 5.82. The zero-order valence-corrected chi connectivity index (χ0v) is 16.1. The van der Waals surface area contributed by atoms with Gasteiger partial charge in [-0.2, -0.15) is 0 Å². The summed E-state index contributed by atoms with van der Waals surface area (Å²) < 4.78 is 10.9. The Morgan fingerprint density at radius 1 is 1.19 bits per heavy atom. The topological polar surface area (TPSA) is 67.8 Å². The van der Waals surface area contributed by atoms with Crippen LogP contribution in [0.3, 0.4) is 0 Å². The number of nitrogens with zero attached hydrogens (tertiary/aromatic N) is 2. The van der Waals surface area contributed by atoms with Crippen molar-refractivity contribution < 1.29 is 9.47 Å². The number of pyridine rings is 1. The van der Waals surface area contributed by atoms with Gasteiger partial charge in [-0.1, -0.05) is 23.7 Å². The fraction of sp³-hybridized carbons (Fsp3) is 0.400. The van der Waals surface area contributed by atoms with Gasteiger partial charge in [-0.3, -0.25) is 4.99 Å². The summed E-state index contributed by atoms with van der Waals surface area (Å²) in [6.07, 6.45) is 4.98. The van der Waals surface area contributed by atoms with Crippen LogP contribution in [0.25, 0.3) is 0 Å². The van der Waals surface area contributed by atoms with E-state index >= 15 is 0 Å². The Hall–Kier alpha value is -2.47. The Labute approximate surface area is 164 Å². The molecule has 2 N–H and O–H groups in total. The van der Waals surface area contributed by atoms with Crippen LogP contribution in [-0.2, 0) is 11.8 Å². The Morgan fingerprint density at radius 3 is 2.78 bits per heavy atom. The molecule has 0 atom stereocenters. The molecule has 0 spiro atoms. The molecule has 0 saturated heterocycles. The zero-order valence-electron chi connectivity index (χ0n) is 15.3. The third-order valence-corrected chi connectivity index (χ3v) is 5.37. The quantitative estimate of drug-likeness (QED) is 0.454. The van der Waals surface area contributed by atoms with Gasteiger partial charge >= 0.3 is 0 Å². The number of aromatic nitrogens is 1. The van der Waals surface area contributed by atoms with Crippen molar-refractivity contribution in [2.45, 2.75) is 24.7 Å². The summed E-state index contributed by atoms with van der Waals surface area (Å²) in [6.45, 7) is 1.93. The summed E-state index contributed by atoms with van der Waals surface area (Å²) in [5, 5.41) is 7.34. The van der Waals surface area contributed by atoms with Gasteiger partial charge in [0, 0.05) is 31.7 Å². The lowest BCUT2D eigenvalue weighted by atomic mass is 9.95. The van der Waals surface area contributed by atoms with E-state index in [0.29, 0.717) is 11.9 Å². The van der Waals surface area contributed by atoms with Gasteiger partial charge in [0.15, 0.2) is 17.5 Å². The predicted molar refractivity (Wildman–Crippen MR) is 106 cm³/mol. The van der Waals surface area contributed by atoms with E-state index in [1.54, 1.807) is 13.2 Å². The molecule has 0 unspecified atom stereocenters. The molecule has 142 valence electrons. The zero-order chi connectivity index (χ0) is 18.7. The average molecular weight is 387 g/mol. The molecule has 0 bridgehead atoms. The number of rotatable bonds is 6. The first-order valence-corrected chi connectivity index (χ1v) is 9.51. The summed E-state index contributed by atoms with van der Waals surface area (Å²) in [5.74, 6) is 2.48. The third kappa shape index (κ3) is 4.11. The SMILES string of the molecule is CN=C(NCCc1ccc(Cl)nc1)NCC1(c2ccc3c(c2)OCO3)CC1. The van der Waals surface area contributed by atoms with Gasteiger partial charge in [0.25, 0.3) is 0 Å². The largest absolute Gasteiger partial charge is 0.454 e. The highest BCUT2D eigenvalue weighted by atomic mass is 35.5. The van der Waals surface area contributed by atoms with Crippen molar-refractivity contribution in [3.63, 3.8) is 0 Å². The fourth-order valence-corrected chi connectivity index (χ4v) is 3.41. The minimum Gasteiger partial charge on any atom is -0.454 e. The van der Waals surface area contributed by atoms with Crippen LogP contribution < -0.4 is 20.1 Å². The van der Waals surface area contributed by atoms with Crippen molar-refractivity contribution in [3.05, 3.63) is 52.8 Å². The van der Waals surface area contributed by atoms with E-state index in [4.69, 9.17) is 21.1 Å². The Kier molecular flexibility index (Phi) is 5.07. The van der Waals surface area contributed by atoms with Crippen LogP contribution >= 0.6 is 11.6 Å². The molecule has 1 aromatic carbocycles. The van der Waals surface area contributed by atoms with Crippen molar-refractivity contribution in [1.82, 2.24) is 15.6 Å². The van der Waals surface area contributed by atoms with Crippen molar-refractivity contribution in [1.29, 1.82) is 0 Å². The highest BCUT2D eigenvalue weighted by molar-refractivity contribution is 6.29. The molecule has 1 aliphatic carbocycles. The standard InChI is InChI=1S/C20H23ClN4O2/c1-22-19(23-9-6-14-2-5-18(21)24-11-14)25-12-20(7-8-20)15-3-4-16-17(10-15)27-13-26-16/h2-5,10-11H,6-9,12-13H2,1H3,(H2,22,23,25). The van der Waals surface area contributed by atoms with Crippen molar-refractivity contribution in [3.8, 4) is 11.5 Å². The van der Waals surface area contributed by atoms with Gasteiger partial charge in [-0.05, 0) is 48.6 Å². The predicted octanol–water partition coefficient (Wildman–Crippen LogP) is 2.90. The number of halogens is 1. The van der Waals surface area contributed by atoms with E-state index in [0.717, 1.165) is 55.4 Å². The van der Waals surface area contributed by atoms with Gasteiger partial charge in [-0.25, -0.2) is 4.98 Å². The first-order chi connectivity index (χ1) is 13.2. The Morgan fingerprint density at radius 2 is 2.04 bits per heavy atom. The second-order valence-corrected chi connectivity index (χ2v) is 7.33. The van der Waals surface area contributed by atoms with Gasteiger partial charge in [0.2, 0.25) is 6.79 Å². The van der Waals surface area contributed by atoms with E-state index in [1.165, 1.54) is 5.56 Å². The van der Waals surface area contributed by atoms with Gasteiger partial charge in [-0.15, -0.1) is 0 Å². The second kappa shape index (κ2) is 7.64. The van der Waals surface area contributed by atoms with E-state index < -0.39 is 0 Å². The number of hydrogen-bond acceptors (Lipinski definition) is 4. The molecule has 7 heteroatoms. The van der Waals surface area contributed by atoms with Crippen LogP contribution in [0.1, 0.15) is 24.0 Å². The summed E-state index contributed by atoms with van der Waals surface area (Å²) in [7, 11) is 1.79. The number of hydrogen-bond donors (Lipinski definition) is 2. The highest BCUT2D eigenvalue weighted by Crippen LogP contribution is 2.49. The number of fused-ring (bicyclic) bond motifs is 1. The fourth-order valence-electron chi connectivity index (χ4n) is 3.30. The van der Waals surface area contributed by atoms with Gasteiger partial charge < -0.3 is 20.1 Å². The molecular weight excluding hydrogens is 364 g/mol. The smallest absolute Gasteiger partial charge is 0.231 e. The van der Waals surface area contributed by atoms with Crippen LogP contribution in [0, 0.1) is 0 Å². The molecule has 1 fully saturated rings. The van der Waals surface area contributed by atoms with E-state index in [9.17, 15) is 0 Å². The van der Waals surface area contributed by atoms with E-state index in [-0.39, 0.29) is 5.41 Å².